The van der Waals surface area contributed by atoms with Crippen molar-refractivity contribution >= 4 is 15.7 Å². The molecule has 22 heavy (non-hydrogen) atoms. The molecule has 0 radical (unpaired) electrons. The maximum Gasteiger partial charge on any atom is 0.247 e. The van der Waals surface area contributed by atoms with Crippen LogP contribution in [0.4, 0.5) is 0 Å². The first-order valence-corrected chi connectivity index (χ1v) is 8.99. The van der Waals surface area contributed by atoms with E-state index < -0.39 is 10.0 Å². The van der Waals surface area contributed by atoms with Gasteiger partial charge in [-0.25, -0.2) is 8.42 Å². The van der Waals surface area contributed by atoms with Crippen molar-refractivity contribution in [1.82, 2.24) is 4.41 Å². The third-order valence-corrected chi connectivity index (χ3v) is 4.80. The largest absolute Gasteiger partial charge is 0.247 e. The van der Waals surface area contributed by atoms with Gasteiger partial charge in [0.1, 0.15) is 0 Å². The summed E-state index contributed by atoms with van der Waals surface area (Å²) in [7, 11) is -3.41. The molecule has 1 atom stereocenters. The van der Waals surface area contributed by atoms with Crippen LogP contribution in [0.1, 0.15) is 29.2 Å². The Morgan fingerprint density at radius 1 is 1.05 bits per heavy atom. The molecule has 0 saturated carbocycles. The number of aryl methyl sites for hydroxylation is 1. The maximum atomic E-state index is 12.1. The lowest BCUT2D eigenvalue weighted by Gasteiger charge is -2.21. The molecule has 5 heteroatoms. The zero-order valence-electron chi connectivity index (χ0n) is 12.6. The van der Waals surface area contributed by atoms with Crippen LogP contribution in [0.25, 0.3) is 0 Å². The van der Waals surface area contributed by atoms with Gasteiger partial charge in [-0.1, -0.05) is 60.2 Å². The minimum absolute atomic E-state index is 0.272. The second-order valence-corrected chi connectivity index (χ2v) is 7.42. The first-order valence-electron chi connectivity index (χ1n) is 7.14. The summed E-state index contributed by atoms with van der Waals surface area (Å²) >= 11 is 0. The molecule has 0 amide bonds. The standard InChI is InChI=1S/C17H18N2O2S/c1-13-8-10-15(11-9-13)17-12-16(14-6-4-3-5-7-14)18-19(17)22(2,20)21/h3-11,17H,12H2,1-2H3/t17-/m0/s1. The Kier molecular flexibility index (Phi) is 3.74. The fourth-order valence-corrected chi connectivity index (χ4v) is 3.54. The summed E-state index contributed by atoms with van der Waals surface area (Å²) in [6.07, 6.45) is 1.78. The highest BCUT2D eigenvalue weighted by Crippen LogP contribution is 2.34. The molecule has 0 aromatic heterocycles. The molecule has 0 N–H and O–H groups in total. The van der Waals surface area contributed by atoms with Gasteiger partial charge in [-0.15, -0.1) is 0 Å². The lowest BCUT2D eigenvalue weighted by Crippen LogP contribution is -2.25. The van der Waals surface area contributed by atoms with Crippen LogP contribution in [-0.4, -0.2) is 24.8 Å². The Morgan fingerprint density at radius 3 is 2.27 bits per heavy atom. The highest BCUT2D eigenvalue weighted by atomic mass is 32.2. The van der Waals surface area contributed by atoms with Gasteiger partial charge < -0.3 is 0 Å². The number of hydrogen-bond acceptors (Lipinski definition) is 3. The van der Waals surface area contributed by atoms with Crippen molar-refractivity contribution in [1.29, 1.82) is 0 Å². The van der Waals surface area contributed by atoms with Crippen molar-refractivity contribution in [3.05, 3.63) is 71.3 Å². The van der Waals surface area contributed by atoms with Crippen LogP contribution in [0.15, 0.2) is 59.7 Å². The Labute approximate surface area is 131 Å². The summed E-state index contributed by atoms with van der Waals surface area (Å²) in [6.45, 7) is 2.01. The van der Waals surface area contributed by atoms with Crippen LogP contribution in [0.3, 0.4) is 0 Å². The molecule has 114 valence electrons. The molecule has 0 fully saturated rings. The zero-order valence-corrected chi connectivity index (χ0v) is 13.4. The Hall–Kier alpha value is -2.14. The second-order valence-electron chi connectivity index (χ2n) is 5.58. The van der Waals surface area contributed by atoms with Crippen LogP contribution >= 0.6 is 0 Å². The average molecular weight is 314 g/mol. The monoisotopic (exact) mass is 314 g/mol. The van der Waals surface area contributed by atoms with Crippen LogP contribution in [0, 0.1) is 6.92 Å². The van der Waals surface area contributed by atoms with E-state index in [1.165, 1.54) is 10.7 Å². The highest BCUT2D eigenvalue weighted by Gasteiger charge is 2.34. The Balaban J connectivity index is 2.00. The van der Waals surface area contributed by atoms with E-state index in [-0.39, 0.29) is 6.04 Å². The molecule has 0 spiro atoms. The summed E-state index contributed by atoms with van der Waals surface area (Å²) < 4.78 is 25.4. The van der Waals surface area contributed by atoms with E-state index in [0.29, 0.717) is 6.42 Å². The van der Waals surface area contributed by atoms with Crippen LogP contribution in [0.2, 0.25) is 0 Å². The maximum absolute atomic E-state index is 12.1. The molecule has 2 aromatic rings. The van der Waals surface area contributed by atoms with Crippen molar-refractivity contribution in [3.8, 4) is 0 Å². The molecule has 1 aliphatic rings. The van der Waals surface area contributed by atoms with Crippen molar-refractivity contribution in [2.75, 3.05) is 6.26 Å². The smallest absolute Gasteiger partial charge is 0.205 e. The number of sulfonamides is 1. The predicted molar refractivity (Wildman–Crippen MR) is 88.2 cm³/mol. The van der Waals surface area contributed by atoms with Crippen LogP contribution in [0.5, 0.6) is 0 Å². The van der Waals surface area contributed by atoms with Gasteiger partial charge in [0.2, 0.25) is 10.0 Å². The number of rotatable bonds is 3. The molecule has 1 aliphatic heterocycles. The molecule has 0 bridgehead atoms. The van der Waals surface area contributed by atoms with E-state index in [9.17, 15) is 8.42 Å². The van der Waals surface area contributed by atoms with E-state index >= 15 is 0 Å². The number of benzene rings is 2. The quantitative estimate of drug-likeness (QED) is 0.874. The lowest BCUT2D eigenvalue weighted by atomic mass is 9.98. The molecule has 4 nitrogen and oxygen atoms in total. The SMILES string of the molecule is Cc1ccc([C@@H]2CC(c3ccccc3)=NN2S(C)(=O)=O)cc1. The van der Waals surface area contributed by atoms with Crippen molar-refractivity contribution in [3.63, 3.8) is 0 Å². The van der Waals surface area contributed by atoms with Gasteiger partial charge in [0.25, 0.3) is 0 Å². The summed E-state index contributed by atoms with van der Waals surface area (Å²) in [5.41, 5.74) is 3.88. The van der Waals surface area contributed by atoms with Gasteiger partial charge in [-0.3, -0.25) is 0 Å². The van der Waals surface area contributed by atoms with E-state index in [2.05, 4.69) is 5.10 Å². The molecule has 3 rings (SSSR count). The van der Waals surface area contributed by atoms with Gasteiger partial charge in [0, 0.05) is 6.42 Å². The van der Waals surface area contributed by atoms with E-state index in [1.54, 1.807) is 0 Å². The highest BCUT2D eigenvalue weighted by molar-refractivity contribution is 7.88. The summed E-state index contributed by atoms with van der Waals surface area (Å²) in [4.78, 5) is 0. The summed E-state index contributed by atoms with van der Waals surface area (Å²) in [5.74, 6) is 0. The van der Waals surface area contributed by atoms with Crippen LogP contribution in [-0.2, 0) is 10.0 Å². The average Bonchev–Trinajstić information content (AvgIpc) is 2.94. The predicted octanol–water partition coefficient (Wildman–Crippen LogP) is 3.11. The molecule has 2 aromatic carbocycles. The topological polar surface area (TPSA) is 49.7 Å². The number of nitrogens with zero attached hydrogens (tertiary/aromatic N) is 2. The van der Waals surface area contributed by atoms with Gasteiger partial charge in [0.15, 0.2) is 0 Å². The number of hydrazone groups is 1. The Morgan fingerprint density at radius 2 is 1.68 bits per heavy atom. The second kappa shape index (κ2) is 5.57. The van der Waals surface area contributed by atoms with Crippen molar-refractivity contribution < 1.29 is 8.42 Å². The molecular weight excluding hydrogens is 296 g/mol. The first kappa shape index (κ1) is 14.8. The fourth-order valence-electron chi connectivity index (χ4n) is 2.64. The number of hydrogen-bond donors (Lipinski definition) is 0. The van der Waals surface area contributed by atoms with Gasteiger partial charge in [-0.2, -0.15) is 9.52 Å². The van der Waals surface area contributed by atoms with E-state index in [0.717, 1.165) is 22.4 Å². The van der Waals surface area contributed by atoms with E-state index in [4.69, 9.17) is 0 Å². The minimum Gasteiger partial charge on any atom is -0.205 e. The van der Waals surface area contributed by atoms with Crippen molar-refractivity contribution in [2.45, 2.75) is 19.4 Å². The minimum atomic E-state index is -3.41. The molecule has 1 heterocycles. The molecule has 0 saturated heterocycles. The molecular formula is C17H18N2O2S. The third-order valence-electron chi connectivity index (χ3n) is 3.78. The van der Waals surface area contributed by atoms with Crippen molar-refractivity contribution in [2.24, 2.45) is 5.10 Å². The summed E-state index contributed by atoms with van der Waals surface area (Å²) in [6, 6.07) is 17.4. The van der Waals surface area contributed by atoms with Crippen LogP contribution < -0.4 is 0 Å². The van der Waals surface area contributed by atoms with Gasteiger partial charge >= 0.3 is 0 Å². The normalized spacial score (nSPS) is 18.4. The first-order chi connectivity index (χ1) is 10.4. The fraction of sp³-hybridized carbons (Fsp3) is 0.235. The lowest BCUT2D eigenvalue weighted by molar-refractivity contribution is 0.375. The molecule has 0 unspecified atom stereocenters. The Bertz CT molecular complexity index is 796. The third kappa shape index (κ3) is 2.90. The van der Waals surface area contributed by atoms with Gasteiger partial charge in [0.05, 0.1) is 18.0 Å². The van der Waals surface area contributed by atoms with Gasteiger partial charge in [-0.05, 0) is 18.1 Å². The summed E-state index contributed by atoms with van der Waals surface area (Å²) in [5, 5.41) is 4.37. The van der Waals surface area contributed by atoms with E-state index in [1.807, 2.05) is 61.5 Å². The molecule has 0 aliphatic carbocycles. The zero-order chi connectivity index (χ0) is 15.7.